The van der Waals surface area contributed by atoms with E-state index in [4.69, 9.17) is 10.8 Å². The molecule has 7 heteroatoms. The molecule has 15 heavy (non-hydrogen) atoms. The number of hydrogen-bond donors (Lipinski definition) is 2. The zero-order chi connectivity index (χ0) is 11.6. The van der Waals surface area contributed by atoms with Crippen molar-refractivity contribution in [1.29, 1.82) is 0 Å². The third-order valence-electron chi connectivity index (χ3n) is 1.69. The molecule has 0 rings (SSSR count). The predicted octanol–water partition coefficient (Wildman–Crippen LogP) is -0.000600. The molecule has 6 nitrogen and oxygen atoms in total. The minimum Gasteiger partial charge on any atom is -0.756 e. The van der Waals surface area contributed by atoms with Gasteiger partial charge in [0.25, 0.3) is 7.82 Å². The maximum atomic E-state index is 10.9. The number of phosphoric acid groups is 1. The minimum absolute atomic E-state index is 0.122. The summed E-state index contributed by atoms with van der Waals surface area (Å²) in [5.74, 6) is 0. The van der Waals surface area contributed by atoms with Crippen LogP contribution in [0.1, 0.15) is 25.7 Å². The topological polar surface area (TPSA) is 105 Å². The second kappa shape index (κ2) is 9.27. The van der Waals surface area contributed by atoms with Crippen molar-refractivity contribution >= 4 is 7.82 Å². The number of rotatable bonds is 10. The fourth-order valence-corrected chi connectivity index (χ4v) is 1.70. The lowest BCUT2D eigenvalue weighted by Gasteiger charge is -2.21. The summed E-state index contributed by atoms with van der Waals surface area (Å²) >= 11 is 0. The molecule has 1 atom stereocenters. The van der Waals surface area contributed by atoms with E-state index in [9.17, 15) is 9.46 Å². The normalized spacial score (nSPS) is 15.1. The third kappa shape index (κ3) is 10.3. The van der Waals surface area contributed by atoms with Crippen molar-refractivity contribution in [3.05, 3.63) is 0 Å². The largest absolute Gasteiger partial charge is 0.756 e. The molecule has 92 valence electrons. The van der Waals surface area contributed by atoms with Crippen LogP contribution in [0.3, 0.4) is 0 Å². The van der Waals surface area contributed by atoms with E-state index in [1.807, 2.05) is 0 Å². The van der Waals surface area contributed by atoms with Crippen molar-refractivity contribution in [3.63, 3.8) is 0 Å². The lowest BCUT2D eigenvalue weighted by molar-refractivity contribution is -0.226. The molecule has 0 saturated carbocycles. The molecule has 0 aliphatic heterocycles. The fourth-order valence-electron chi connectivity index (χ4n) is 0.966. The Labute approximate surface area is 90.0 Å². The summed E-state index contributed by atoms with van der Waals surface area (Å²) in [7, 11) is -4.20. The summed E-state index contributed by atoms with van der Waals surface area (Å²) in [4.78, 5) is 10.9. The van der Waals surface area contributed by atoms with E-state index in [1.54, 1.807) is 0 Å². The van der Waals surface area contributed by atoms with Gasteiger partial charge < -0.3 is 24.8 Å². The number of phosphoric ester groups is 1. The molecule has 0 spiro atoms. The Bertz CT molecular complexity index is 190. The maximum Gasteiger partial charge on any atom is 0.267 e. The minimum atomic E-state index is -4.20. The summed E-state index contributed by atoms with van der Waals surface area (Å²) in [6, 6.07) is 0. The van der Waals surface area contributed by atoms with Gasteiger partial charge in [-0.3, -0.25) is 4.57 Å². The van der Waals surface area contributed by atoms with Crippen molar-refractivity contribution in [2.24, 2.45) is 5.73 Å². The Hall–Kier alpha value is 0.0300. The van der Waals surface area contributed by atoms with Crippen LogP contribution in [0.15, 0.2) is 0 Å². The van der Waals surface area contributed by atoms with Gasteiger partial charge in [-0.05, 0) is 19.4 Å². The fraction of sp³-hybridized carbons (Fsp3) is 1.00. The highest BCUT2D eigenvalue weighted by Crippen LogP contribution is 2.37. The smallest absolute Gasteiger partial charge is 0.267 e. The van der Waals surface area contributed by atoms with Gasteiger partial charge in [0.15, 0.2) is 0 Å². The van der Waals surface area contributed by atoms with Gasteiger partial charge in [0, 0.05) is 0 Å². The van der Waals surface area contributed by atoms with Crippen LogP contribution in [0.5, 0.6) is 0 Å². The average Bonchev–Trinajstić information content (AvgIpc) is 2.20. The summed E-state index contributed by atoms with van der Waals surface area (Å²) < 4.78 is 19.8. The third-order valence-corrected chi connectivity index (χ3v) is 2.69. The van der Waals surface area contributed by atoms with Crippen molar-refractivity contribution in [3.8, 4) is 0 Å². The SMILES string of the molecule is NCCCCCCOP(=O)([O-])OCCO. The number of aliphatic hydroxyl groups is 1. The summed E-state index contributed by atoms with van der Waals surface area (Å²) in [5.41, 5.74) is 5.30. The van der Waals surface area contributed by atoms with Crippen molar-refractivity contribution in [1.82, 2.24) is 0 Å². The number of aliphatic hydroxyl groups excluding tert-OH is 1. The first kappa shape index (κ1) is 15.0. The van der Waals surface area contributed by atoms with E-state index >= 15 is 0 Å². The highest BCUT2D eigenvalue weighted by molar-refractivity contribution is 7.45. The molecule has 0 heterocycles. The first-order chi connectivity index (χ1) is 7.12. The average molecular weight is 240 g/mol. The van der Waals surface area contributed by atoms with E-state index < -0.39 is 7.82 Å². The van der Waals surface area contributed by atoms with Crippen LogP contribution in [0, 0.1) is 0 Å². The van der Waals surface area contributed by atoms with Gasteiger partial charge in [-0.1, -0.05) is 12.8 Å². The van der Waals surface area contributed by atoms with E-state index in [0.29, 0.717) is 13.0 Å². The standard InChI is InChI=1S/C8H20NO5P/c9-5-3-1-2-4-7-13-15(11,12)14-8-6-10/h10H,1-9H2,(H,11,12)/p-1. The molecule has 3 N–H and O–H groups in total. The zero-order valence-electron chi connectivity index (χ0n) is 8.76. The highest BCUT2D eigenvalue weighted by Gasteiger charge is 2.07. The number of nitrogens with two attached hydrogens (primary N) is 1. The predicted molar refractivity (Wildman–Crippen MR) is 54.1 cm³/mol. The molecule has 0 saturated heterocycles. The molecule has 0 fully saturated rings. The molecule has 0 aromatic carbocycles. The second-order valence-electron chi connectivity index (χ2n) is 3.04. The Balaban J connectivity index is 3.36. The monoisotopic (exact) mass is 240 g/mol. The van der Waals surface area contributed by atoms with Crippen LogP contribution in [0.4, 0.5) is 0 Å². The molecule has 0 aromatic rings. The Kier molecular flexibility index (Phi) is 9.29. The van der Waals surface area contributed by atoms with Crippen molar-refractivity contribution in [2.45, 2.75) is 25.7 Å². The molecule has 1 unspecified atom stereocenters. The van der Waals surface area contributed by atoms with Gasteiger partial charge >= 0.3 is 0 Å². The molecule has 0 aliphatic carbocycles. The summed E-state index contributed by atoms with van der Waals surface area (Å²) in [6.45, 7) is 0.178. The van der Waals surface area contributed by atoms with Crippen molar-refractivity contribution in [2.75, 3.05) is 26.4 Å². The van der Waals surface area contributed by atoms with Crippen LogP contribution >= 0.6 is 7.82 Å². The second-order valence-corrected chi connectivity index (χ2v) is 4.45. The van der Waals surface area contributed by atoms with Crippen LogP contribution in [0.2, 0.25) is 0 Å². The molecule has 0 aromatic heterocycles. The highest BCUT2D eigenvalue weighted by atomic mass is 31.2. The quantitative estimate of drug-likeness (QED) is 0.411. The molecular formula is C8H19NO5P-. The first-order valence-corrected chi connectivity index (χ1v) is 6.49. The lowest BCUT2D eigenvalue weighted by atomic mass is 10.2. The number of hydrogen-bond acceptors (Lipinski definition) is 6. The zero-order valence-corrected chi connectivity index (χ0v) is 9.66. The van der Waals surface area contributed by atoms with Crippen LogP contribution < -0.4 is 10.6 Å². The molecule has 0 bridgehead atoms. The van der Waals surface area contributed by atoms with Crippen LogP contribution in [-0.2, 0) is 13.6 Å². The molecular weight excluding hydrogens is 221 g/mol. The van der Waals surface area contributed by atoms with Gasteiger partial charge in [0.2, 0.25) is 0 Å². The lowest BCUT2D eigenvalue weighted by Crippen LogP contribution is -2.11. The Morgan fingerprint density at radius 3 is 2.33 bits per heavy atom. The first-order valence-electron chi connectivity index (χ1n) is 5.03. The summed E-state index contributed by atoms with van der Waals surface area (Å²) in [5, 5.41) is 8.35. The molecule has 0 aliphatic rings. The van der Waals surface area contributed by atoms with Gasteiger partial charge in [-0.2, -0.15) is 0 Å². The van der Waals surface area contributed by atoms with E-state index in [-0.39, 0.29) is 19.8 Å². The molecule has 0 radical (unpaired) electrons. The van der Waals surface area contributed by atoms with Gasteiger partial charge in [-0.15, -0.1) is 0 Å². The number of unbranched alkanes of at least 4 members (excludes halogenated alkanes) is 3. The van der Waals surface area contributed by atoms with Gasteiger partial charge in [0.05, 0.1) is 19.8 Å². The van der Waals surface area contributed by atoms with E-state index in [1.165, 1.54) is 0 Å². The Morgan fingerprint density at radius 2 is 1.73 bits per heavy atom. The van der Waals surface area contributed by atoms with Gasteiger partial charge in [-0.25, -0.2) is 0 Å². The van der Waals surface area contributed by atoms with E-state index in [0.717, 1.165) is 19.3 Å². The Morgan fingerprint density at radius 1 is 1.13 bits per heavy atom. The van der Waals surface area contributed by atoms with E-state index in [2.05, 4.69) is 9.05 Å². The van der Waals surface area contributed by atoms with Crippen LogP contribution in [-0.4, -0.2) is 31.5 Å². The maximum absolute atomic E-state index is 10.9. The van der Waals surface area contributed by atoms with Crippen LogP contribution in [0.25, 0.3) is 0 Å². The van der Waals surface area contributed by atoms with Gasteiger partial charge in [0.1, 0.15) is 0 Å². The van der Waals surface area contributed by atoms with Crippen molar-refractivity contribution < 1.29 is 23.6 Å². The summed E-state index contributed by atoms with van der Waals surface area (Å²) in [6.07, 6.45) is 3.46. The molecule has 0 amide bonds.